The highest BCUT2D eigenvalue weighted by atomic mass is 16.7. The van der Waals surface area contributed by atoms with Crippen molar-refractivity contribution < 1.29 is 14.3 Å². The van der Waals surface area contributed by atoms with Crippen LogP contribution in [-0.2, 0) is 9.53 Å². The predicted molar refractivity (Wildman–Crippen MR) is 95.2 cm³/mol. The topological polar surface area (TPSA) is 35.5 Å². The monoisotopic (exact) mass is 330 g/mol. The third-order valence-corrected chi connectivity index (χ3v) is 5.61. The Balaban J connectivity index is 1.69. The van der Waals surface area contributed by atoms with E-state index < -0.39 is 0 Å². The molecule has 1 aromatic carbocycles. The van der Waals surface area contributed by atoms with Gasteiger partial charge in [0.05, 0.1) is 5.92 Å². The molecule has 0 N–H and O–H groups in total. The third-order valence-electron chi connectivity index (χ3n) is 5.61. The van der Waals surface area contributed by atoms with E-state index in [-0.39, 0.29) is 18.7 Å². The minimum atomic E-state index is -0.0914. The first-order valence-corrected chi connectivity index (χ1v) is 9.50. The number of hydrogen-bond donors (Lipinski definition) is 0. The van der Waals surface area contributed by atoms with Gasteiger partial charge in [-0.2, -0.15) is 0 Å². The average Bonchev–Trinajstić information content (AvgIpc) is 3.28. The third kappa shape index (κ3) is 3.93. The van der Waals surface area contributed by atoms with Crippen LogP contribution in [0, 0.1) is 11.8 Å². The van der Waals surface area contributed by atoms with E-state index >= 15 is 0 Å². The highest BCUT2D eigenvalue weighted by molar-refractivity contribution is 5.72. The lowest BCUT2D eigenvalue weighted by molar-refractivity contribution is -0.155. The lowest BCUT2D eigenvalue weighted by Crippen LogP contribution is -2.18. The van der Waals surface area contributed by atoms with E-state index in [9.17, 15) is 4.79 Å². The quantitative estimate of drug-likeness (QED) is 0.496. The SMILES string of the molecule is CC(C)c1cccc([C@H](C)C2CC2)c1OCOC(=O)C1CCCC1. The van der Waals surface area contributed by atoms with Crippen molar-refractivity contribution >= 4 is 5.97 Å². The van der Waals surface area contributed by atoms with Crippen LogP contribution in [0.25, 0.3) is 0 Å². The second-order valence-corrected chi connectivity index (χ2v) is 7.75. The molecule has 3 nitrogen and oxygen atoms in total. The fraction of sp³-hybridized carbons (Fsp3) is 0.667. The molecule has 0 bridgehead atoms. The van der Waals surface area contributed by atoms with Crippen LogP contribution in [-0.4, -0.2) is 12.8 Å². The molecule has 0 amide bonds. The molecule has 0 spiro atoms. The molecule has 3 rings (SSSR count). The number of rotatable bonds is 7. The summed E-state index contributed by atoms with van der Waals surface area (Å²) in [6.07, 6.45) is 6.82. The number of ether oxygens (including phenoxy) is 2. The van der Waals surface area contributed by atoms with Gasteiger partial charge in [0, 0.05) is 0 Å². The van der Waals surface area contributed by atoms with Gasteiger partial charge in [-0.15, -0.1) is 0 Å². The lowest BCUT2D eigenvalue weighted by Gasteiger charge is -2.21. The molecule has 2 fully saturated rings. The zero-order valence-corrected chi connectivity index (χ0v) is 15.2. The molecule has 1 aromatic rings. The molecule has 132 valence electrons. The molecule has 1 atom stereocenters. The summed E-state index contributed by atoms with van der Waals surface area (Å²) in [5, 5.41) is 0. The van der Waals surface area contributed by atoms with Crippen molar-refractivity contribution in [3.05, 3.63) is 29.3 Å². The van der Waals surface area contributed by atoms with Gasteiger partial charge in [-0.1, -0.05) is 51.8 Å². The molecular formula is C21H30O3. The van der Waals surface area contributed by atoms with E-state index in [0.717, 1.165) is 37.4 Å². The first-order chi connectivity index (χ1) is 11.6. The molecule has 0 saturated heterocycles. The highest BCUT2D eigenvalue weighted by Crippen LogP contribution is 2.46. The van der Waals surface area contributed by atoms with Crippen LogP contribution in [0.3, 0.4) is 0 Å². The Morgan fingerprint density at radius 2 is 1.75 bits per heavy atom. The molecule has 2 aliphatic carbocycles. The molecule has 0 aromatic heterocycles. The smallest absolute Gasteiger partial charge is 0.311 e. The van der Waals surface area contributed by atoms with Crippen molar-refractivity contribution in [3.63, 3.8) is 0 Å². The number of para-hydroxylation sites is 1. The van der Waals surface area contributed by atoms with Crippen LogP contribution < -0.4 is 4.74 Å². The van der Waals surface area contributed by atoms with Crippen LogP contribution >= 0.6 is 0 Å². The van der Waals surface area contributed by atoms with Crippen molar-refractivity contribution in [1.29, 1.82) is 0 Å². The molecule has 0 heterocycles. The lowest BCUT2D eigenvalue weighted by atomic mass is 9.90. The van der Waals surface area contributed by atoms with E-state index in [1.165, 1.54) is 24.0 Å². The first-order valence-electron chi connectivity index (χ1n) is 9.50. The van der Waals surface area contributed by atoms with Gasteiger partial charge in [-0.05, 0) is 54.6 Å². The van der Waals surface area contributed by atoms with Crippen LogP contribution in [0.2, 0.25) is 0 Å². The second-order valence-electron chi connectivity index (χ2n) is 7.75. The highest BCUT2D eigenvalue weighted by Gasteiger charge is 2.31. The Labute approximate surface area is 145 Å². The molecule has 24 heavy (non-hydrogen) atoms. The number of hydrogen-bond acceptors (Lipinski definition) is 3. The number of carbonyl (C=O) groups is 1. The molecule has 2 saturated carbocycles. The number of benzene rings is 1. The van der Waals surface area contributed by atoms with Crippen LogP contribution in [0.1, 0.15) is 82.3 Å². The van der Waals surface area contributed by atoms with Crippen LogP contribution in [0.4, 0.5) is 0 Å². The Hall–Kier alpha value is -1.51. The Bertz CT molecular complexity index is 568. The Morgan fingerprint density at radius 1 is 1.08 bits per heavy atom. The Kier molecular flexibility index (Phi) is 5.47. The standard InChI is InChI=1S/C21H30O3/c1-14(2)18-9-6-10-19(15(3)16-11-12-16)20(18)23-13-24-21(22)17-7-4-5-8-17/h6,9-10,14-17H,4-5,7-8,11-13H2,1-3H3/t15-/m1/s1. The molecule has 0 unspecified atom stereocenters. The van der Waals surface area contributed by atoms with Gasteiger partial charge in [-0.3, -0.25) is 4.79 Å². The van der Waals surface area contributed by atoms with E-state index in [1.54, 1.807) is 0 Å². The van der Waals surface area contributed by atoms with E-state index in [2.05, 4.69) is 39.0 Å². The van der Waals surface area contributed by atoms with Gasteiger partial charge in [0.15, 0.2) is 0 Å². The second kappa shape index (κ2) is 7.58. The van der Waals surface area contributed by atoms with Crippen molar-refractivity contribution in [3.8, 4) is 5.75 Å². The van der Waals surface area contributed by atoms with Crippen LogP contribution in [0.5, 0.6) is 5.75 Å². The largest absolute Gasteiger partial charge is 0.457 e. The number of esters is 1. The van der Waals surface area contributed by atoms with Gasteiger partial charge in [0.25, 0.3) is 0 Å². The minimum absolute atomic E-state index is 0.0312. The summed E-state index contributed by atoms with van der Waals surface area (Å²) < 4.78 is 11.4. The predicted octanol–water partition coefficient (Wildman–Crippen LogP) is 5.39. The summed E-state index contributed by atoms with van der Waals surface area (Å²) in [4.78, 5) is 12.1. The van der Waals surface area contributed by atoms with Crippen LogP contribution in [0.15, 0.2) is 18.2 Å². The summed E-state index contributed by atoms with van der Waals surface area (Å²) in [6.45, 7) is 6.68. The first kappa shape index (κ1) is 17.3. The molecule has 0 radical (unpaired) electrons. The maximum atomic E-state index is 12.1. The van der Waals surface area contributed by atoms with Gasteiger partial charge in [-0.25, -0.2) is 0 Å². The van der Waals surface area contributed by atoms with Gasteiger partial charge >= 0.3 is 5.97 Å². The maximum Gasteiger partial charge on any atom is 0.311 e. The molecule has 2 aliphatic rings. The fourth-order valence-electron chi connectivity index (χ4n) is 3.83. The number of carbonyl (C=O) groups excluding carboxylic acids is 1. The summed E-state index contributed by atoms with van der Waals surface area (Å²) in [5.41, 5.74) is 2.47. The van der Waals surface area contributed by atoms with Gasteiger partial charge in [0.1, 0.15) is 5.75 Å². The average molecular weight is 330 g/mol. The Morgan fingerprint density at radius 3 is 2.38 bits per heavy atom. The van der Waals surface area contributed by atoms with Gasteiger partial charge < -0.3 is 9.47 Å². The summed E-state index contributed by atoms with van der Waals surface area (Å²) in [6, 6.07) is 6.42. The van der Waals surface area contributed by atoms with Crippen molar-refractivity contribution in [2.45, 2.75) is 71.1 Å². The summed E-state index contributed by atoms with van der Waals surface area (Å²) in [7, 11) is 0. The van der Waals surface area contributed by atoms with E-state index in [1.807, 2.05) is 0 Å². The van der Waals surface area contributed by atoms with E-state index in [0.29, 0.717) is 11.8 Å². The van der Waals surface area contributed by atoms with Crippen molar-refractivity contribution in [1.82, 2.24) is 0 Å². The normalized spacial score (nSPS) is 19.5. The molecular weight excluding hydrogens is 300 g/mol. The maximum absolute atomic E-state index is 12.1. The molecule has 0 aliphatic heterocycles. The van der Waals surface area contributed by atoms with Gasteiger partial charge in [0.2, 0.25) is 6.79 Å². The van der Waals surface area contributed by atoms with E-state index in [4.69, 9.17) is 9.47 Å². The summed E-state index contributed by atoms with van der Waals surface area (Å²) in [5.74, 6) is 2.59. The zero-order valence-electron chi connectivity index (χ0n) is 15.2. The van der Waals surface area contributed by atoms with Crippen molar-refractivity contribution in [2.24, 2.45) is 11.8 Å². The minimum Gasteiger partial charge on any atom is -0.457 e. The van der Waals surface area contributed by atoms with Crippen molar-refractivity contribution in [2.75, 3.05) is 6.79 Å². The fourth-order valence-corrected chi connectivity index (χ4v) is 3.83. The molecule has 3 heteroatoms. The zero-order chi connectivity index (χ0) is 17.1. The summed E-state index contributed by atoms with van der Waals surface area (Å²) >= 11 is 0.